The zero-order chi connectivity index (χ0) is 17.9. The molecule has 0 bridgehead atoms. The summed E-state index contributed by atoms with van der Waals surface area (Å²) in [6, 6.07) is 25.3. The molecule has 4 rings (SSSR count). The van der Waals surface area contributed by atoms with Gasteiger partial charge in [0.05, 0.1) is 16.9 Å². The Morgan fingerprint density at radius 2 is 1.50 bits per heavy atom. The van der Waals surface area contributed by atoms with Crippen LogP contribution in [0.1, 0.15) is 17.3 Å². The van der Waals surface area contributed by atoms with Gasteiger partial charge in [0.15, 0.2) is 5.78 Å². The van der Waals surface area contributed by atoms with Crippen LogP contribution in [0.4, 0.5) is 11.6 Å². The summed E-state index contributed by atoms with van der Waals surface area (Å²) < 4.78 is 0. The van der Waals surface area contributed by atoms with E-state index in [0.29, 0.717) is 17.2 Å². The molecule has 0 atom stereocenters. The van der Waals surface area contributed by atoms with Crippen molar-refractivity contribution < 1.29 is 4.79 Å². The SMILES string of the molecule is CC(=O)c1ccccc1Nc1nc(-c2ccccc2)c2ccccc2n1. The Bertz CT molecular complexity index is 1090. The van der Waals surface area contributed by atoms with Crippen LogP contribution in [-0.4, -0.2) is 15.8 Å². The lowest BCUT2D eigenvalue weighted by Crippen LogP contribution is -2.04. The number of hydrogen-bond acceptors (Lipinski definition) is 4. The van der Waals surface area contributed by atoms with Crippen LogP contribution >= 0.6 is 0 Å². The Morgan fingerprint density at radius 1 is 0.808 bits per heavy atom. The fraction of sp³-hybridized carbons (Fsp3) is 0.0455. The van der Waals surface area contributed by atoms with Gasteiger partial charge in [0.1, 0.15) is 0 Å². The van der Waals surface area contributed by atoms with Gasteiger partial charge in [-0.2, -0.15) is 0 Å². The van der Waals surface area contributed by atoms with Gasteiger partial charge >= 0.3 is 0 Å². The topological polar surface area (TPSA) is 54.9 Å². The van der Waals surface area contributed by atoms with E-state index in [1.165, 1.54) is 0 Å². The molecule has 4 aromatic rings. The fourth-order valence-corrected chi connectivity index (χ4v) is 2.97. The number of anilines is 2. The number of fused-ring (bicyclic) bond motifs is 1. The monoisotopic (exact) mass is 339 g/mol. The van der Waals surface area contributed by atoms with Crippen LogP contribution in [0.25, 0.3) is 22.2 Å². The van der Waals surface area contributed by atoms with Crippen molar-refractivity contribution >= 4 is 28.3 Å². The molecule has 126 valence electrons. The maximum atomic E-state index is 11.9. The molecule has 0 radical (unpaired) electrons. The number of para-hydroxylation sites is 2. The van der Waals surface area contributed by atoms with E-state index in [0.717, 1.165) is 22.2 Å². The first-order chi connectivity index (χ1) is 12.7. The number of rotatable bonds is 4. The number of ketones is 1. The van der Waals surface area contributed by atoms with Crippen molar-refractivity contribution in [3.63, 3.8) is 0 Å². The quantitative estimate of drug-likeness (QED) is 0.516. The van der Waals surface area contributed by atoms with Gasteiger partial charge < -0.3 is 5.32 Å². The molecule has 1 N–H and O–H groups in total. The second-order valence-electron chi connectivity index (χ2n) is 6.01. The molecule has 4 nitrogen and oxygen atoms in total. The fourth-order valence-electron chi connectivity index (χ4n) is 2.97. The number of carbonyl (C=O) groups excluding carboxylic acids is 1. The normalized spacial score (nSPS) is 10.7. The smallest absolute Gasteiger partial charge is 0.228 e. The Hall–Kier alpha value is -3.53. The highest BCUT2D eigenvalue weighted by Gasteiger charge is 2.12. The average molecular weight is 339 g/mol. The summed E-state index contributed by atoms with van der Waals surface area (Å²) in [4.78, 5) is 21.2. The number of carbonyl (C=O) groups is 1. The van der Waals surface area contributed by atoms with Gasteiger partial charge in [-0.3, -0.25) is 4.79 Å². The molecule has 1 heterocycles. The van der Waals surface area contributed by atoms with Crippen molar-refractivity contribution in [3.8, 4) is 11.3 Å². The second kappa shape index (κ2) is 6.76. The summed E-state index contributed by atoms with van der Waals surface area (Å²) in [7, 11) is 0. The minimum atomic E-state index is -0.00262. The molecule has 26 heavy (non-hydrogen) atoms. The van der Waals surface area contributed by atoms with Crippen molar-refractivity contribution in [1.82, 2.24) is 9.97 Å². The third-order valence-corrected chi connectivity index (χ3v) is 4.20. The molecule has 0 saturated carbocycles. The molecule has 0 amide bonds. The first-order valence-electron chi connectivity index (χ1n) is 8.41. The average Bonchev–Trinajstić information content (AvgIpc) is 2.68. The number of benzene rings is 3. The van der Waals surface area contributed by atoms with Crippen molar-refractivity contribution in [2.45, 2.75) is 6.92 Å². The van der Waals surface area contributed by atoms with Gasteiger partial charge in [0.25, 0.3) is 0 Å². The van der Waals surface area contributed by atoms with Crippen LogP contribution in [0.5, 0.6) is 0 Å². The zero-order valence-electron chi connectivity index (χ0n) is 14.3. The van der Waals surface area contributed by atoms with Crippen molar-refractivity contribution in [2.24, 2.45) is 0 Å². The van der Waals surface area contributed by atoms with E-state index in [4.69, 9.17) is 4.98 Å². The van der Waals surface area contributed by atoms with Crippen molar-refractivity contribution in [3.05, 3.63) is 84.4 Å². The van der Waals surface area contributed by atoms with Crippen molar-refractivity contribution in [1.29, 1.82) is 0 Å². The molecular weight excluding hydrogens is 322 g/mol. The summed E-state index contributed by atoms with van der Waals surface area (Å²) in [6.07, 6.45) is 0. The molecule has 4 heteroatoms. The van der Waals surface area contributed by atoms with Gasteiger partial charge in [-0.15, -0.1) is 0 Å². The highest BCUT2D eigenvalue weighted by molar-refractivity contribution is 6.00. The van der Waals surface area contributed by atoms with E-state index in [9.17, 15) is 4.79 Å². The lowest BCUT2D eigenvalue weighted by atomic mass is 10.1. The Kier molecular flexibility index (Phi) is 4.15. The van der Waals surface area contributed by atoms with Gasteiger partial charge in [-0.05, 0) is 25.1 Å². The summed E-state index contributed by atoms with van der Waals surface area (Å²) >= 11 is 0. The molecular formula is C22H17N3O. The standard InChI is InChI=1S/C22H17N3O/c1-15(26)17-11-5-7-13-19(17)23-22-24-20-14-8-6-12-18(20)21(25-22)16-9-3-2-4-10-16/h2-14H,1H3,(H,23,24,25). The van der Waals surface area contributed by atoms with Crippen LogP contribution in [0.3, 0.4) is 0 Å². The van der Waals surface area contributed by atoms with Crippen LogP contribution in [0.2, 0.25) is 0 Å². The highest BCUT2D eigenvalue weighted by atomic mass is 16.1. The number of hydrogen-bond donors (Lipinski definition) is 1. The van der Waals surface area contributed by atoms with Crippen LogP contribution in [-0.2, 0) is 0 Å². The molecule has 0 aliphatic rings. The molecule has 0 aliphatic heterocycles. The largest absolute Gasteiger partial charge is 0.323 e. The van der Waals surface area contributed by atoms with Crippen LogP contribution in [0.15, 0.2) is 78.9 Å². The molecule has 3 aromatic carbocycles. The van der Waals surface area contributed by atoms with Crippen LogP contribution in [0, 0.1) is 0 Å². The van der Waals surface area contributed by atoms with E-state index < -0.39 is 0 Å². The maximum Gasteiger partial charge on any atom is 0.228 e. The van der Waals surface area contributed by atoms with E-state index >= 15 is 0 Å². The van der Waals surface area contributed by atoms with E-state index in [2.05, 4.69) is 10.3 Å². The number of Topliss-reactive ketones (excluding diaryl/α,β-unsaturated/α-hetero) is 1. The predicted octanol–water partition coefficient (Wildman–Crippen LogP) is 5.24. The first kappa shape index (κ1) is 16.0. The number of nitrogens with zero attached hydrogens (tertiary/aromatic N) is 2. The third kappa shape index (κ3) is 3.05. The zero-order valence-corrected chi connectivity index (χ0v) is 14.3. The van der Waals surface area contributed by atoms with Crippen LogP contribution < -0.4 is 5.32 Å². The molecule has 0 saturated heterocycles. The molecule has 1 aromatic heterocycles. The van der Waals surface area contributed by atoms with E-state index in [1.807, 2.05) is 72.8 Å². The predicted molar refractivity (Wildman–Crippen MR) is 105 cm³/mol. The Labute approximate surface area is 151 Å². The summed E-state index contributed by atoms with van der Waals surface area (Å²) in [6.45, 7) is 1.55. The van der Waals surface area contributed by atoms with Gasteiger partial charge in [0.2, 0.25) is 5.95 Å². The van der Waals surface area contributed by atoms with E-state index in [-0.39, 0.29) is 5.78 Å². The summed E-state index contributed by atoms with van der Waals surface area (Å²) in [5.74, 6) is 0.466. The van der Waals surface area contributed by atoms with Gasteiger partial charge in [-0.1, -0.05) is 60.7 Å². The van der Waals surface area contributed by atoms with Gasteiger partial charge in [0, 0.05) is 16.5 Å². The molecule has 0 unspecified atom stereocenters. The maximum absolute atomic E-state index is 11.9. The van der Waals surface area contributed by atoms with E-state index in [1.54, 1.807) is 13.0 Å². The Balaban J connectivity index is 1.86. The second-order valence-corrected chi connectivity index (χ2v) is 6.01. The highest BCUT2D eigenvalue weighted by Crippen LogP contribution is 2.28. The molecule has 0 aliphatic carbocycles. The minimum Gasteiger partial charge on any atom is -0.323 e. The lowest BCUT2D eigenvalue weighted by Gasteiger charge is -2.12. The number of nitrogens with one attached hydrogen (secondary N) is 1. The summed E-state index contributed by atoms with van der Waals surface area (Å²) in [5.41, 5.74) is 4.05. The minimum absolute atomic E-state index is 0.00262. The number of aromatic nitrogens is 2. The third-order valence-electron chi connectivity index (χ3n) is 4.20. The van der Waals surface area contributed by atoms with Gasteiger partial charge in [-0.25, -0.2) is 9.97 Å². The summed E-state index contributed by atoms with van der Waals surface area (Å²) in [5, 5.41) is 4.20. The lowest BCUT2D eigenvalue weighted by molar-refractivity contribution is 0.101. The Morgan fingerprint density at radius 3 is 2.31 bits per heavy atom. The molecule has 0 fully saturated rings. The van der Waals surface area contributed by atoms with Crippen molar-refractivity contribution in [2.75, 3.05) is 5.32 Å². The molecule has 0 spiro atoms. The first-order valence-corrected chi connectivity index (χ1v) is 8.41.